The highest BCUT2D eigenvalue weighted by Crippen LogP contribution is 2.19. The largest absolute Gasteiger partial charge is 0.350 e. The van der Waals surface area contributed by atoms with Gasteiger partial charge in [-0.15, -0.1) is 0 Å². The van der Waals surface area contributed by atoms with Gasteiger partial charge in [-0.05, 0) is 24.0 Å². The van der Waals surface area contributed by atoms with Gasteiger partial charge in [0.1, 0.15) is 0 Å². The summed E-state index contributed by atoms with van der Waals surface area (Å²) in [6.07, 6.45) is 3.63. The Labute approximate surface area is 108 Å². The van der Waals surface area contributed by atoms with E-state index in [9.17, 15) is 4.79 Å². The molecule has 0 fully saturated rings. The van der Waals surface area contributed by atoms with E-state index in [4.69, 9.17) is 5.73 Å². The Morgan fingerprint density at radius 2 is 1.89 bits per heavy atom. The van der Waals surface area contributed by atoms with Crippen molar-refractivity contribution in [2.24, 2.45) is 16.3 Å². The molecule has 0 saturated heterocycles. The molecule has 0 atom stereocenters. The van der Waals surface area contributed by atoms with Crippen molar-refractivity contribution in [3.05, 3.63) is 35.4 Å². The van der Waals surface area contributed by atoms with Crippen LogP contribution in [0.5, 0.6) is 0 Å². The van der Waals surface area contributed by atoms with Crippen molar-refractivity contribution in [1.29, 1.82) is 0 Å². The zero-order chi connectivity index (χ0) is 13.6. The molecule has 4 heteroatoms. The number of nitrogens with zero attached hydrogens (tertiary/aromatic N) is 1. The lowest BCUT2D eigenvalue weighted by Crippen LogP contribution is -2.26. The van der Waals surface area contributed by atoms with Crippen LogP contribution in [-0.2, 0) is 12.8 Å². The Hall–Kier alpha value is -1.84. The molecule has 0 heterocycles. The molecule has 0 unspecified atom stereocenters. The van der Waals surface area contributed by atoms with E-state index in [0.717, 1.165) is 12.8 Å². The van der Waals surface area contributed by atoms with Gasteiger partial charge in [0.25, 0.3) is 0 Å². The van der Waals surface area contributed by atoms with Crippen LogP contribution in [0.4, 0.5) is 4.79 Å². The van der Waals surface area contributed by atoms with Gasteiger partial charge in [0, 0.05) is 11.6 Å². The Kier molecular flexibility index (Phi) is 4.89. The fourth-order valence-corrected chi connectivity index (χ4v) is 1.74. The fourth-order valence-electron chi connectivity index (χ4n) is 1.74. The first kappa shape index (κ1) is 14.2. The standard InChI is InChI=1S/C14H21N3O/c1-4-11-5-7-12(8-6-11)9-14(2,3)10-16-17-13(15)18/h5-8,10H,4,9H2,1-3H3,(H3,15,17,18)/b16-10+. The minimum atomic E-state index is -0.644. The Morgan fingerprint density at radius 1 is 1.33 bits per heavy atom. The normalized spacial score (nSPS) is 11.7. The highest BCUT2D eigenvalue weighted by molar-refractivity contribution is 5.73. The molecule has 0 radical (unpaired) electrons. The summed E-state index contributed by atoms with van der Waals surface area (Å²) in [6.45, 7) is 6.26. The van der Waals surface area contributed by atoms with Crippen LogP contribution < -0.4 is 11.2 Å². The second-order valence-corrected chi connectivity index (χ2v) is 5.07. The van der Waals surface area contributed by atoms with Crippen molar-refractivity contribution in [2.45, 2.75) is 33.6 Å². The summed E-state index contributed by atoms with van der Waals surface area (Å²) in [4.78, 5) is 10.5. The second-order valence-electron chi connectivity index (χ2n) is 5.07. The van der Waals surface area contributed by atoms with Crippen LogP contribution in [0.1, 0.15) is 31.9 Å². The number of carbonyl (C=O) groups excluding carboxylic acids is 1. The molecule has 0 aliphatic heterocycles. The van der Waals surface area contributed by atoms with Gasteiger partial charge in [-0.2, -0.15) is 5.10 Å². The third-order valence-corrected chi connectivity index (χ3v) is 2.68. The smallest absolute Gasteiger partial charge is 0.332 e. The van der Waals surface area contributed by atoms with Crippen molar-refractivity contribution < 1.29 is 4.79 Å². The summed E-state index contributed by atoms with van der Waals surface area (Å²) < 4.78 is 0. The minimum absolute atomic E-state index is 0.129. The third-order valence-electron chi connectivity index (χ3n) is 2.68. The Bertz CT molecular complexity index is 421. The third kappa shape index (κ3) is 4.99. The second kappa shape index (κ2) is 6.19. The molecule has 0 aliphatic carbocycles. The highest BCUT2D eigenvalue weighted by Gasteiger charge is 2.15. The van der Waals surface area contributed by atoms with Gasteiger partial charge in [0.15, 0.2) is 0 Å². The van der Waals surface area contributed by atoms with Gasteiger partial charge in [-0.1, -0.05) is 45.0 Å². The summed E-state index contributed by atoms with van der Waals surface area (Å²) in [7, 11) is 0. The van der Waals surface area contributed by atoms with Crippen molar-refractivity contribution >= 4 is 12.2 Å². The molecule has 2 amide bonds. The van der Waals surface area contributed by atoms with Crippen molar-refractivity contribution in [2.75, 3.05) is 0 Å². The van der Waals surface area contributed by atoms with Gasteiger partial charge in [-0.25, -0.2) is 10.2 Å². The molecular weight excluding hydrogens is 226 g/mol. The number of nitrogens with one attached hydrogen (secondary N) is 1. The molecule has 0 bridgehead atoms. The molecule has 0 saturated carbocycles. The first-order chi connectivity index (χ1) is 8.43. The predicted octanol–water partition coefficient (Wildman–Crippen LogP) is 2.47. The van der Waals surface area contributed by atoms with E-state index in [1.807, 2.05) is 0 Å². The Balaban J connectivity index is 2.63. The number of hydrogen-bond acceptors (Lipinski definition) is 2. The lowest BCUT2D eigenvalue weighted by atomic mass is 9.87. The van der Waals surface area contributed by atoms with Crippen molar-refractivity contribution in [3.8, 4) is 0 Å². The first-order valence-electron chi connectivity index (χ1n) is 6.10. The number of rotatable bonds is 5. The molecule has 0 aromatic heterocycles. The molecule has 0 spiro atoms. The lowest BCUT2D eigenvalue weighted by Gasteiger charge is -2.19. The van der Waals surface area contributed by atoms with Crippen LogP contribution in [0.3, 0.4) is 0 Å². The topological polar surface area (TPSA) is 67.5 Å². The van der Waals surface area contributed by atoms with Gasteiger partial charge in [-0.3, -0.25) is 0 Å². The number of benzene rings is 1. The monoisotopic (exact) mass is 247 g/mol. The quantitative estimate of drug-likeness (QED) is 0.609. The van der Waals surface area contributed by atoms with E-state index >= 15 is 0 Å². The van der Waals surface area contributed by atoms with Crippen LogP contribution in [0.25, 0.3) is 0 Å². The van der Waals surface area contributed by atoms with E-state index in [1.54, 1.807) is 6.21 Å². The molecule has 98 valence electrons. The number of urea groups is 1. The summed E-state index contributed by atoms with van der Waals surface area (Å²) in [5.74, 6) is 0. The van der Waals surface area contributed by atoms with Crippen LogP contribution in [0.15, 0.2) is 29.4 Å². The molecule has 1 aromatic rings. The summed E-state index contributed by atoms with van der Waals surface area (Å²) >= 11 is 0. The van der Waals surface area contributed by atoms with Gasteiger partial charge >= 0.3 is 6.03 Å². The summed E-state index contributed by atoms with van der Waals surface area (Å²) in [5, 5.41) is 3.82. The summed E-state index contributed by atoms with van der Waals surface area (Å²) in [6, 6.07) is 7.91. The maximum atomic E-state index is 10.5. The van der Waals surface area contributed by atoms with Gasteiger partial charge in [0.2, 0.25) is 0 Å². The van der Waals surface area contributed by atoms with Crippen molar-refractivity contribution in [1.82, 2.24) is 5.43 Å². The average Bonchev–Trinajstić information content (AvgIpc) is 2.28. The van der Waals surface area contributed by atoms with Crippen LogP contribution >= 0.6 is 0 Å². The van der Waals surface area contributed by atoms with E-state index in [-0.39, 0.29) is 5.41 Å². The fraction of sp³-hybridized carbons (Fsp3) is 0.429. The number of hydrogen-bond donors (Lipinski definition) is 2. The van der Waals surface area contributed by atoms with Crippen molar-refractivity contribution in [3.63, 3.8) is 0 Å². The number of carbonyl (C=O) groups is 1. The zero-order valence-electron chi connectivity index (χ0n) is 11.2. The molecule has 0 aliphatic rings. The minimum Gasteiger partial charge on any atom is -0.350 e. The Morgan fingerprint density at radius 3 is 2.39 bits per heavy atom. The lowest BCUT2D eigenvalue weighted by molar-refractivity contribution is 0.249. The van der Waals surface area contributed by atoms with Gasteiger partial charge < -0.3 is 5.73 Å². The number of hydrazone groups is 1. The maximum Gasteiger partial charge on any atom is 0.332 e. The maximum absolute atomic E-state index is 10.5. The molecule has 18 heavy (non-hydrogen) atoms. The van der Waals surface area contributed by atoms with Gasteiger partial charge in [0.05, 0.1) is 0 Å². The molecular formula is C14H21N3O. The number of aryl methyl sites for hydroxylation is 1. The number of nitrogens with two attached hydrogens (primary N) is 1. The van der Waals surface area contributed by atoms with Crippen LogP contribution in [0.2, 0.25) is 0 Å². The summed E-state index contributed by atoms with van der Waals surface area (Å²) in [5.41, 5.74) is 9.61. The van der Waals surface area contributed by atoms with E-state index in [2.05, 4.69) is 55.6 Å². The number of primary amides is 1. The first-order valence-corrected chi connectivity index (χ1v) is 6.10. The van der Waals surface area contributed by atoms with E-state index in [0.29, 0.717) is 0 Å². The molecule has 1 rings (SSSR count). The molecule has 1 aromatic carbocycles. The van der Waals surface area contributed by atoms with E-state index < -0.39 is 6.03 Å². The zero-order valence-corrected chi connectivity index (χ0v) is 11.2. The van der Waals surface area contributed by atoms with Crippen LogP contribution in [-0.4, -0.2) is 12.2 Å². The van der Waals surface area contributed by atoms with E-state index in [1.165, 1.54) is 11.1 Å². The number of amides is 2. The SMILES string of the molecule is CCc1ccc(CC(C)(C)/C=N/NC(N)=O)cc1. The molecule has 4 nitrogen and oxygen atoms in total. The molecule has 3 N–H and O–H groups in total. The van der Waals surface area contributed by atoms with Crippen LogP contribution in [0, 0.1) is 5.41 Å². The predicted molar refractivity (Wildman–Crippen MR) is 74.5 cm³/mol. The average molecular weight is 247 g/mol. The highest BCUT2D eigenvalue weighted by atomic mass is 16.2.